The second-order valence-corrected chi connectivity index (χ2v) is 9.34. The topological polar surface area (TPSA) is 100 Å². The molecule has 0 fully saturated rings. The molecule has 5 rings (SSSR count). The van der Waals surface area contributed by atoms with Crippen LogP contribution in [0.15, 0.2) is 54.6 Å². The molecule has 186 valence electrons. The van der Waals surface area contributed by atoms with E-state index in [0.717, 1.165) is 41.6 Å². The summed E-state index contributed by atoms with van der Waals surface area (Å²) in [5, 5.41) is 23.7. The largest absolute Gasteiger partial charge is 0.504 e. The summed E-state index contributed by atoms with van der Waals surface area (Å²) in [7, 11) is 1.45. The average Bonchev–Trinajstić information content (AvgIpc) is 3.21. The van der Waals surface area contributed by atoms with Gasteiger partial charge in [0.05, 0.1) is 24.4 Å². The van der Waals surface area contributed by atoms with Gasteiger partial charge in [0.1, 0.15) is 11.7 Å². The molecule has 0 radical (unpaired) electrons. The molecule has 1 amide bonds. The van der Waals surface area contributed by atoms with Gasteiger partial charge in [0, 0.05) is 28.9 Å². The number of carbonyl (C=O) groups is 1. The van der Waals surface area contributed by atoms with Crippen LogP contribution in [0.2, 0.25) is 0 Å². The van der Waals surface area contributed by atoms with Crippen LogP contribution in [-0.2, 0) is 11.2 Å². The van der Waals surface area contributed by atoms with Crippen molar-refractivity contribution in [2.75, 3.05) is 12.4 Å². The van der Waals surface area contributed by atoms with Crippen molar-refractivity contribution in [1.82, 2.24) is 9.55 Å². The van der Waals surface area contributed by atoms with E-state index in [2.05, 4.69) is 34.2 Å². The van der Waals surface area contributed by atoms with Gasteiger partial charge in [0.15, 0.2) is 11.5 Å². The minimum Gasteiger partial charge on any atom is -0.504 e. The number of nitriles is 1. The molecule has 0 spiro atoms. The van der Waals surface area contributed by atoms with E-state index in [9.17, 15) is 15.2 Å². The predicted molar refractivity (Wildman–Crippen MR) is 144 cm³/mol. The maximum atomic E-state index is 12.9. The highest BCUT2D eigenvalue weighted by Crippen LogP contribution is 2.39. The van der Waals surface area contributed by atoms with Crippen LogP contribution >= 0.6 is 0 Å². The first-order valence-corrected chi connectivity index (χ1v) is 12.3. The molecule has 1 atom stereocenters. The summed E-state index contributed by atoms with van der Waals surface area (Å²) >= 11 is 0. The van der Waals surface area contributed by atoms with Crippen LogP contribution < -0.4 is 10.1 Å². The van der Waals surface area contributed by atoms with Crippen molar-refractivity contribution in [3.8, 4) is 17.6 Å². The Morgan fingerprint density at radius 2 is 2.05 bits per heavy atom. The number of amides is 1. The Balaban J connectivity index is 1.62. The number of fused-ring (bicyclic) bond motifs is 2. The van der Waals surface area contributed by atoms with Gasteiger partial charge in [-0.3, -0.25) is 4.79 Å². The number of nitrogens with zero attached hydrogens (tertiary/aromatic N) is 3. The predicted octanol–water partition coefficient (Wildman–Crippen LogP) is 5.82. The molecule has 0 bridgehead atoms. The van der Waals surface area contributed by atoms with Crippen LogP contribution in [0.25, 0.3) is 17.1 Å². The normalized spacial score (nSPS) is 14.9. The maximum Gasteiger partial charge on any atom is 0.248 e. The lowest BCUT2D eigenvalue weighted by molar-refractivity contribution is -0.111. The second kappa shape index (κ2) is 9.82. The number of anilines is 1. The first-order chi connectivity index (χ1) is 17.9. The Kier molecular flexibility index (Phi) is 6.41. The average molecular weight is 493 g/mol. The molecule has 2 aromatic carbocycles. The summed E-state index contributed by atoms with van der Waals surface area (Å²) in [6, 6.07) is 17.4. The van der Waals surface area contributed by atoms with Crippen LogP contribution in [0.3, 0.4) is 0 Å². The molecule has 2 N–H and O–H groups in total. The van der Waals surface area contributed by atoms with E-state index in [-0.39, 0.29) is 23.4 Å². The van der Waals surface area contributed by atoms with E-state index in [4.69, 9.17) is 9.72 Å². The zero-order valence-corrected chi connectivity index (χ0v) is 21.1. The summed E-state index contributed by atoms with van der Waals surface area (Å²) in [5.74, 6) is -0.106. The van der Waals surface area contributed by atoms with Gasteiger partial charge in [0.25, 0.3) is 0 Å². The van der Waals surface area contributed by atoms with Gasteiger partial charge in [-0.2, -0.15) is 5.26 Å². The number of benzene rings is 2. The Morgan fingerprint density at radius 1 is 1.24 bits per heavy atom. The fourth-order valence-corrected chi connectivity index (χ4v) is 5.35. The molecule has 0 saturated heterocycles. The molecule has 2 aromatic heterocycles. The molecule has 0 aliphatic heterocycles. The molecule has 4 aromatic rings. The number of rotatable bonds is 5. The number of phenolic OH excluding ortho intramolecular Hbond substituents is 1. The van der Waals surface area contributed by atoms with Crippen molar-refractivity contribution in [1.29, 1.82) is 5.26 Å². The zero-order valence-electron chi connectivity index (χ0n) is 21.1. The highest BCUT2D eigenvalue weighted by molar-refractivity contribution is 6.03. The summed E-state index contributed by atoms with van der Waals surface area (Å²) in [5.41, 5.74) is 6.82. The second-order valence-electron chi connectivity index (χ2n) is 9.34. The number of hydrogen-bond acceptors (Lipinski definition) is 5. The van der Waals surface area contributed by atoms with E-state index in [1.54, 1.807) is 18.2 Å². The summed E-state index contributed by atoms with van der Waals surface area (Å²) < 4.78 is 7.27. The standard InChI is InChI=1S/C30H28N4O3/c1-18-15-19(2)32-30-29(18)23(17-31)25(34(30)24-10-6-8-20-7-4-5-9-22(20)24)12-14-28(36)33-21-11-13-26(35)27(16-21)37-3/h4-5,7,9,11-16,24,35H,6,8,10H2,1-3H3,(H,33,36)/b14-12+/t24-/m0/s1. The Morgan fingerprint density at radius 3 is 2.84 bits per heavy atom. The van der Waals surface area contributed by atoms with Crippen molar-refractivity contribution in [3.05, 3.63) is 88.2 Å². The van der Waals surface area contributed by atoms with Crippen LogP contribution in [-0.4, -0.2) is 27.7 Å². The molecular formula is C30H28N4O3. The highest BCUT2D eigenvalue weighted by atomic mass is 16.5. The quantitative estimate of drug-likeness (QED) is 0.270. The molecule has 0 unspecified atom stereocenters. The van der Waals surface area contributed by atoms with Crippen LogP contribution in [0.5, 0.6) is 11.5 Å². The van der Waals surface area contributed by atoms with Gasteiger partial charge in [-0.1, -0.05) is 24.3 Å². The fourth-order valence-electron chi connectivity index (χ4n) is 5.35. The number of phenols is 1. The zero-order chi connectivity index (χ0) is 26.1. The number of aryl methyl sites for hydroxylation is 3. The molecule has 37 heavy (non-hydrogen) atoms. The third kappa shape index (κ3) is 4.43. The fraction of sp³-hybridized carbons (Fsp3) is 0.233. The number of nitrogens with one attached hydrogen (secondary N) is 1. The number of hydrogen-bond donors (Lipinski definition) is 2. The lowest BCUT2D eigenvalue weighted by Gasteiger charge is -2.28. The lowest BCUT2D eigenvalue weighted by atomic mass is 9.87. The van der Waals surface area contributed by atoms with E-state index in [1.165, 1.54) is 30.4 Å². The van der Waals surface area contributed by atoms with E-state index in [1.807, 2.05) is 26.0 Å². The van der Waals surface area contributed by atoms with E-state index < -0.39 is 0 Å². The molecule has 0 saturated carbocycles. The van der Waals surface area contributed by atoms with Crippen LogP contribution in [0.1, 0.15) is 52.5 Å². The summed E-state index contributed by atoms with van der Waals surface area (Å²) in [6.07, 6.45) is 6.11. The van der Waals surface area contributed by atoms with Gasteiger partial charge in [0.2, 0.25) is 5.91 Å². The van der Waals surface area contributed by atoms with Crippen LogP contribution in [0.4, 0.5) is 5.69 Å². The van der Waals surface area contributed by atoms with Crippen molar-refractivity contribution >= 4 is 28.7 Å². The van der Waals surface area contributed by atoms with Gasteiger partial charge in [-0.15, -0.1) is 0 Å². The van der Waals surface area contributed by atoms with Crippen LogP contribution in [0, 0.1) is 25.2 Å². The van der Waals surface area contributed by atoms with Crippen molar-refractivity contribution < 1.29 is 14.6 Å². The molecule has 1 aliphatic rings. The molecule has 1 aliphatic carbocycles. The Bertz CT molecular complexity index is 1590. The molecule has 2 heterocycles. The Hall–Kier alpha value is -4.57. The molecular weight excluding hydrogens is 464 g/mol. The van der Waals surface area contributed by atoms with Crippen molar-refractivity contribution in [3.63, 3.8) is 0 Å². The van der Waals surface area contributed by atoms with Gasteiger partial charge in [-0.05, 0) is 74.1 Å². The van der Waals surface area contributed by atoms with E-state index >= 15 is 0 Å². The third-order valence-electron chi connectivity index (χ3n) is 6.92. The van der Waals surface area contributed by atoms with Gasteiger partial charge < -0.3 is 19.7 Å². The van der Waals surface area contributed by atoms with Crippen molar-refractivity contribution in [2.45, 2.75) is 39.2 Å². The first kappa shape index (κ1) is 24.1. The number of carbonyl (C=O) groups excluding carboxylic acids is 1. The summed E-state index contributed by atoms with van der Waals surface area (Å²) in [6.45, 7) is 3.95. The highest BCUT2D eigenvalue weighted by Gasteiger charge is 2.28. The maximum absolute atomic E-state index is 12.9. The lowest BCUT2D eigenvalue weighted by Crippen LogP contribution is -2.19. The Labute approximate surface area is 215 Å². The molecule has 7 nitrogen and oxygen atoms in total. The van der Waals surface area contributed by atoms with Gasteiger partial charge >= 0.3 is 0 Å². The number of pyridine rings is 1. The number of ether oxygens (including phenoxy) is 1. The third-order valence-corrected chi connectivity index (χ3v) is 6.92. The number of methoxy groups -OCH3 is 1. The first-order valence-electron chi connectivity index (χ1n) is 12.3. The SMILES string of the molecule is COc1cc(NC(=O)/C=C/c2c(C#N)c3c(C)cc(C)nc3n2[C@H]2CCCc3ccccc32)ccc1O. The minimum absolute atomic E-state index is 0.00678. The number of aromatic nitrogens is 2. The van der Waals surface area contributed by atoms with Crippen molar-refractivity contribution in [2.24, 2.45) is 0 Å². The number of aromatic hydroxyl groups is 1. The van der Waals surface area contributed by atoms with E-state index in [0.29, 0.717) is 16.9 Å². The minimum atomic E-state index is -0.363. The van der Waals surface area contributed by atoms with Gasteiger partial charge in [-0.25, -0.2) is 4.98 Å². The summed E-state index contributed by atoms with van der Waals surface area (Å²) in [4.78, 5) is 17.8. The monoisotopic (exact) mass is 492 g/mol. The molecule has 7 heteroatoms. The smallest absolute Gasteiger partial charge is 0.248 e.